The first-order valence-electron chi connectivity index (χ1n) is 10.8. The van der Waals surface area contributed by atoms with Gasteiger partial charge < -0.3 is 15.4 Å². The fourth-order valence-electron chi connectivity index (χ4n) is 3.96. The van der Waals surface area contributed by atoms with Crippen LogP contribution in [-0.4, -0.2) is 35.1 Å². The van der Waals surface area contributed by atoms with Gasteiger partial charge in [-0.05, 0) is 63.6 Å². The summed E-state index contributed by atoms with van der Waals surface area (Å²) >= 11 is 0. The van der Waals surface area contributed by atoms with Crippen molar-refractivity contribution in [2.24, 2.45) is 0 Å². The molecule has 0 spiro atoms. The zero-order chi connectivity index (χ0) is 21.6. The maximum absolute atomic E-state index is 12.6. The van der Waals surface area contributed by atoms with Gasteiger partial charge in [-0.1, -0.05) is 24.6 Å². The molecule has 1 fully saturated rings. The zero-order valence-electron chi connectivity index (χ0n) is 18.0. The minimum absolute atomic E-state index is 0.149. The number of nitrogens with one attached hydrogen (secondary N) is 2. The average molecular weight is 417 g/mol. The lowest BCUT2D eigenvalue weighted by molar-refractivity contribution is 0.102. The van der Waals surface area contributed by atoms with Crippen LogP contribution >= 0.6 is 0 Å². The third-order valence-electron chi connectivity index (χ3n) is 5.62. The molecule has 0 aliphatic carbocycles. The first-order chi connectivity index (χ1) is 15.1. The fourth-order valence-corrected chi connectivity index (χ4v) is 3.96. The Morgan fingerprint density at radius 2 is 1.87 bits per heavy atom. The van der Waals surface area contributed by atoms with Crippen molar-refractivity contribution >= 4 is 11.6 Å². The van der Waals surface area contributed by atoms with Crippen molar-refractivity contribution < 1.29 is 9.53 Å². The summed E-state index contributed by atoms with van der Waals surface area (Å²) in [6.07, 6.45) is 5.13. The molecule has 2 N–H and O–H groups in total. The van der Waals surface area contributed by atoms with E-state index in [4.69, 9.17) is 4.74 Å². The third-order valence-corrected chi connectivity index (χ3v) is 5.62. The van der Waals surface area contributed by atoms with Crippen LogP contribution in [0.25, 0.3) is 11.1 Å². The smallest absolute Gasteiger partial charge is 0.255 e. The van der Waals surface area contributed by atoms with E-state index in [0.29, 0.717) is 23.9 Å². The molecule has 0 radical (unpaired) electrons. The third kappa shape index (κ3) is 5.09. The lowest BCUT2D eigenvalue weighted by Gasteiger charge is -2.24. The number of ether oxygens (including phenoxy) is 1. The minimum atomic E-state index is -0.149. The number of nitrogens with zero attached hydrogens (tertiary/aromatic N) is 2. The zero-order valence-corrected chi connectivity index (χ0v) is 18.0. The minimum Gasteiger partial charge on any atom is -0.491 e. The average Bonchev–Trinajstić information content (AvgIpc) is 2.80. The van der Waals surface area contributed by atoms with Crippen molar-refractivity contribution in [3.05, 3.63) is 71.8 Å². The molecule has 160 valence electrons. The molecule has 6 heteroatoms. The number of hydrogen-bond acceptors (Lipinski definition) is 5. The number of benzene rings is 2. The number of anilines is 1. The Morgan fingerprint density at radius 1 is 1.10 bits per heavy atom. The summed E-state index contributed by atoms with van der Waals surface area (Å²) in [5.74, 6) is 0.621. The predicted octanol–water partition coefficient (Wildman–Crippen LogP) is 4.53. The van der Waals surface area contributed by atoms with Gasteiger partial charge in [-0.15, -0.1) is 0 Å². The summed E-state index contributed by atoms with van der Waals surface area (Å²) in [5, 5.41) is 6.51. The van der Waals surface area contributed by atoms with Gasteiger partial charge in [0.05, 0.1) is 0 Å². The number of aryl methyl sites for hydroxylation is 2. The molecule has 31 heavy (non-hydrogen) atoms. The first kappa shape index (κ1) is 21.0. The molecule has 2 heterocycles. The monoisotopic (exact) mass is 416 g/mol. The van der Waals surface area contributed by atoms with E-state index in [2.05, 4.69) is 20.6 Å². The van der Waals surface area contributed by atoms with Gasteiger partial charge in [0.2, 0.25) is 0 Å². The van der Waals surface area contributed by atoms with Crippen molar-refractivity contribution in [1.29, 1.82) is 0 Å². The van der Waals surface area contributed by atoms with Crippen LogP contribution < -0.4 is 15.4 Å². The Morgan fingerprint density at radius 3 is 2.58 bits per heavy atom. The Hall–Kier alpha value is -3.25. The van der Waals surface area contributed by atoms with Crippen molar-refractivity contribution in [3.63, 3.8) is 0 Å². The Balaban J connectivity index is 1.64. The summed E-state index contributed by atoms with van der Waals surface area (Å²) in [6.45, 7) is 5.57. The second kappa shape index (κ2) is 9.71. The van der Waals surface area contributed by atoms with E-state index < -0.39 is 0 Å². The van der Waals surface area contributed by atoms with Gasteiger partial charge >= 0.3 is 0 Å². The molecule has 1 atom stereocenters. The van der Waals surface area contributed by atoms with Crippen molar-refractivity contribution in [1.82, 2.24) is 15.3 Å². The van der Waals surface area contributed by atoms with Crippen LogP contribution in [0.5, 0.6) is 5.75 Å². The molecule has 4 rings (SSSR count). The van der Waals surface area contributed by atoms with E-state index in [1.54, 1.807) is 18.5 Å². The van der Waals surface area contributed by atoms with E-state index in [-0.39, 0.29) is 5.91 Å². The lowest BCUT2D eigenvalue weighted by Crippen LogP contribution is -2.38. The summed E-state index contributed by atoms with van der Waals surface area (Å²) in [6, 6.07) is 15.3. The number of aromatic nitrogens is 2. The largest absolute Gasteiger partial charge is 0.491 e. The van der Waals surface area contributed by atoms with Gasteiger partial charge in [-0.2, -0.15) is 0 Å². The second-order valence-electron chi connectivity index (χ2n) is 7.91. The van der Waals surface area contributed by atoms with Gasteiger partial charge in [0.25, 0.3) is 5.91 Å². The molecule has 1 unspecified atom stereocenters. The highest BCUT2D eigenvalue weighted by Crippen LogP contribution is 2.36. The fraction of sp³-hybridized carbons (Fsp3) is 0.320. The standard InChI is InChI=1S/C25H28N4O2/c1-17-24(18(2)28-16-27-17)22-14-20(29-25(30)19-8-4-3-5-9-19)11-12-23(22)31-15-21-10-6-7-13-26-21/h3-5,8-9,11-12,14,16,21,26H,6-7,10,13,15H2,1-2H3,(H,29,30). The van der Waals surface area contributed by atoms with Crippen molar-refractivity contribution in [2.45, 2.75) is 39.2 Å². The van der Waals surface area contributed by atoms with Crippen LogP contribution in [0.4, 0.5) is 5.69 Å². The molecule has 0 saturated carbocycles. The summed E-state index contributed by atoms with van der Waals surface area (Å²) < 4.78 is 6.25. The van der Waals surface area contributed by atoms with Crippen molar-refractivity contribution in [2.75, 3.05) is 18.5 Å². The quantitative estimate of drug-likeness (QED) is 0.617. The molecule has 2 aromatic carbocycles. The van der Waals surface area contributed by atoms with Crippen LogP contribution in [0.3, 0.4) is 0 Å². The van der Waals surface area contributed by atoms with Gasteiger partial charge in [0, 0.05) is 39.8 Å². The Labute approximate surface area is 183 Å². The normalized spacial score (nSPS) is 16.0. The molecular formula is C25H28N4O2. The lowest BCUT2D eigenvalue weighted by atomic mass is 10.0. The van der Waals surface area contributed by atoms with Crippen LogP contribution in [0, 0.1) is 13.8 Å². The second-order valence-corrected chi connectivity index (χ2v) is 7.91. The van der Waals surface area contributed by atoms with Crippen LogP contribution in [0.1, 0.15) is 41.0 Å². The SMILES string of the molecule is Cc1ncnc(C)c1-c1cc(NC(=O)c2ccccc2)ccc1OCC1CCCCN1. The van der Waals surface area contributed by atoms with Gasteiger partial charge in [-0.3, -0.25) is 4.79 Å². The molecule has 1 aliphatic rings. The molecule has 1 aromatic heterocycles. The van der Waals surface area contributed by atoms with E-state index in [9.17, 15) is 4.79 Å². The van der Waals surface area contributed by atoms with Crippen LogP contribution in [0.15, 0.2) is 54.9 Å². The molecule has 1 aliphatic heterocycles. The predicted molar refractivity (Wildman–Crippen MR) is 122 cm³/mol. The summed E-state index contributed by atoms with van der Waals surface area (Å²) in [5.41, 5.74) is 4.89. The Bertz CT molecular complexity index is 1030. The first-order valence-corrected chi connectivity index (χ1v) is 10.8. The van der Waals surface area contributed by atoms with E-state index >= 15 is 0 Å². The number of carbonyl (C=O) groups excluding carboxylic acids is 1. The van der Waals surface area contributed by atoms with Crippen LogP contribution in [-0.2, 0) is 0 Å². The number of hydrogen-bond donors (Lipinski definition) is 2. The Kier molecular flexibility index (Phi) is 6.57. The molecular weight excluding hydrogens is 388 g/mol. The molecule has 6 nitrogen and oxygen atoms in total. The number of piperidine rings is 1. The maximum atomic E-state index is 12.6. The van der Waals surface area contributed by atoms with E-state index in [1.807, 2.05) is 50.2 Å². The molecule has 1 saturated heterocycles. The number of amides is 1. The van der Waals surface area contributed by atoms with E-state index in [1.165, 1.54) is 12.8 Å². The highest BCUT2D eigenvalue weighted by molar-refractivity contribution is 6.04. The van der Waals surface area contributed by atoms with Crippen LogP contribution in [0.2, 0.25) is 0 Å². The number of carbonyl (C=O) groups is 1. The summed E-state index contributed by atoms with van der Waals surface area (Å²) in [7, 11) is 0. The molecule has 1 amide bonds. The highest BCUT2D eigenvalue weighted by atomic mass is 16.5. The number of rotatable bonds is 6. The van der Waals surface area contributed by atoms with E-state index in [0.717, 1.165) is 41.2 Å². The molecule has 3 aromatic rings. The highest BCUT2D eigenvalue weighted by Gasteiger charge is 2.18. The molecule has 0 bridgehead atoms. The maximum Gasteiger partial charge on any atom is 0.255 e. The summed E-state index contributed by atoms with van der Waals surface area (Å²) in [4.78, 5) is 21.4. The van der Waals surface area contributed by atoms with Gasteiger partial charge in [0.1, 0.15) is 18.7 Å². The van der Waals surface area contributed by atoms with Gasteiger partial charge in [-0.25, -0.2) is 9.97 Å². The van der Waals surface area contributed by atoms with Crippen molar-refractivity contribution in [3.8, 4) is 16.9 Å². The topological polar surface area (TPSA) is 76.1 Å². The van der Waals surface area contributed by atoms with Gasteiger partial charge in [0.15, 0.2) is 0 Å².